The molecule has 0 bridgehead atoms. The van der Waals surface area contributed by atoms with E-state index in [0.717, 1.165) is 10.5 Å². The molecule has 0 aliphatic heterocycles. The average Bonchev–Trinajstić information content (AvgIpc) is 2.97. The number of aliphatic carboxylic acids is 4. The Labute approximate surface area is 265 Å². The van der Waals surface area contributed by atoms with E-state index in [1.165, 1.54) is 4.90 Å². The number of carboxylic acid groups (broad SMARTS) is 4. The van der Waals surface area contributed by atoms with Crippen LogP contribution >= 0.6 is 7.60 Å². The highest BCUT2D eigenvalue weighted by atomic mass is 31.2. The fraction of sp³-hybridized carbons (Fsp3) is 0.448. The quantitative estimate of drug-likeness (QED) is 0.0621. The minimum absolute atomic E-state index is 0.0868. The highest BCUT2D eigenvalue weighted by Crippen LogP contribution is 2.35. The molecule has 0 saturated carbocycles. The Hall–Kier alpha value is -3.89. The summed E-state index contributed by atoms with van der Waals surface area (Å²) in [6, 6.07) is 15.9. The van der Waals surface area contributed by atoms with Gasteiger partial charge in [0.2, 0.25) is 0 Å². The lowest BCUT2D eigenvalue weighted by molar-refractivity contribution is -0.150. The third-order valence-corrected chi connectivity index (χ3v) is 7.67. The lowest BCUT2D eigenvalue weighted by atomic mass is 9.87. The van der Waals surface area contributed by atoms with E-state index in [-0.39, 0.29) is 39.3 Å². The number of carboxylic acids is 4. The molecule has 3 atom stereocenters. The molecule has 2 rings (SSSR count). The number of hydrogen-bond donors (Lipinski definition) is 7. The topological polar surface area (TPSA) is 244 Å². The van der Waals surface area contributed by atoms with Crippen LogP contribution in [0.2, 0.25) is 0 Å². The van der Waals surface area contributed by atoms with Crippen molar-refractivity contribution in [3.05, 3.63) is 66.2 Å². The number of rotatable bonds is 24. The Morgan fingerprint density at radius 1 is 0.804 bits per heavy atom. The van der Waals surface area contributed by atoms with E-state index in [9.17, 15) is 54.0 Å². The summed E-state index contributed by atoms with van der Waals surface area (Å²) >= 11 is 0. The van der Waals surface area contributed by atoms with Crippen LogP contribution in [0.25, 0.3) is 0 Å². The third-order valence-electron chi connectivity index (χ3n) is 6.90. The van der Waals surface area contributed by atoms with E-state index in [2.05, 4.69) is 5.48 Å². The summed E-state index contributed by atoms with van der Waals surface area (Å²) < 4.78 is 17.5. The van der Waals surface area contributed by atoms with Gasteiger partial charge in [0, 0.05) is 19.5 Å². The van der Waals surface area contributed by atoms with Gasteiger partial charge in [0.15, 0.2) is 0 Å². The summed E-state index contributed by atoms with van der Waals surface area (Å²) in [7, 11) is -4.70. The van der Waals surface area contributed by atoms with E-state index in [1.54, 1.807) is 60.7 Å². The Morgan fingerprint density at radius 3 is 1.98 bits per heavy atom. The molecule has 0 amide bonds. The largest absolute Gasteiger partial charge is 0.481 e. The SMILES string of the molecule is O=C(O)CC(CCN(CCN(CC(=O)O)C(CONc1ccccc1)C(=O)O)CP(=O)(O)O)C(COCc1ccccc1)C(=O)O. The zero-order valence-electron chi connectivity index (χ0n) is 25.0. The molecular weight excluding hydrogens is 629 g/mol. The summed E-state index contributed by atoms with van der Waals surface area (Å²) in [6.07, 6.45) is -1.50. The lowest BCUT2D eigenvalue weighted by Gasteiger charge is -2.31. The van der Waals surface area contributed by atoms with Crippen molar-refractivity contribution in [3.8, 4) is 0 Å². The van der Waals surface area contributed by atoms with Crippen molar-refractivity contribution in [1.29, 1.82) is 0 Å². The van der Waals surface area contributed by atoms with Crippen molar-refractivity contribution in [2.24, 2.45) is 11.8 Å². The predicted molar refractivity (Wildman–Crippen MR) is 163 cm³/mol. The number of hydrogen-bond acceptors (Lipinski definition) is 10. The van der Waals surface area contributed by atoms with Gasteiger partial charge in [0.05, 0.1) is 31.4 Å². The maximum atomic E-state index is 12.1. The van der Waals surface area contributed by atoms with Crippen molar-refractivity contribution in [2.45, 2.75) is 25.5 Å². The van der Waals surface area contributed by atoms with Crippen LogP contribution in [0.5, 0.6) is 0 Å². The minimum Gasteiger partial charge on any atom is -0.481 e. The molecule has 0 radical (unpaired) electrons. The Kier molecular flexibility index (Phi) is 16.3. The van der Waals surface area contributed by atoms with Crippen LogP contribution in [0.15, 0.2) is 60.7 Å². The molecule has 2 aromatic rings. The summed E-state index contributed by atoms with van der Waals surface area (Å²) in [5.74, 6) is -7.59. The van der Waals surface area contributed by atoms with Crippen molar-refractivity contribution in [3.63, 3.8) is 0 Å². The predicted octanol–water partition coefficient (Wildman–Crippen LogP) is 1.71. The second-order valence-electron chi connectivity index (χ2n) is 10.5. The molecule has 254 valence electrons. The second kappa shape index (κ2) is 19.6. The van der Waals surface area contributed by atoms with Crippen LogP contribution < -0.4 is 5.48 Å². The van der Waals surface area contributed by atoms with Crippen LogP contribution in [-0.4, -0.2) is 116 Å². The van der Waals surface area contributed by atoms with E-state index in [1.807, 2.05) is 0 Å². The van der Waals surface area contributed by atoms with E-state index < -0.39 is 75.2 Å². The number of benzene rings is 2. The maximum absolute atomic E-state index is 12.1. The fourth-order valence-corrected chi connectivity index (χ4v) is 5.45. The molecule has 7 N–H and O–H groups in total. The molecule has 0 fully saturated rings. The maximum Gasteiger partial charge on any atom is 0.339 e. The summed E-state index contributed by atoms with van der Waals surface area (Å²) in [5.41, 5.74) is 3.87. The third kappa shape index (κ3) is 15.4. The van der Waals surface area contributed by atoms with Crippen molar-refractivity contribution < 1.29 is 63.5 Å². The molecule has 46 heavy (non-hydrogen) atoms. The van der Waals surface area contributed by atoms with Gasteiger partial charge < -0.3 is 34.9 Å². The number of nitrogens with one attached hydrogen (secondary N) is 1. The molecule has 0 spiro atoms. The molecule has 2 aromatic carbocycles. The monoisotopic (exact) mass is 669 g/mol. The molecular formula is C29H40N3O13P. The van der Waals surface area contributed by atoms with Crippen LogP contribution in [0, 0.1) is 11.8 Å². The highest BCUT2D eigenvalue weighted by molar-refractivity contribution is 7.51. The van der Waals surface area contributed by atoms with Gasteiger partial charge in [0.1, 0.15) is 18.9 Å². The first-order valence-corrected chi connectivity index (χ1v) is 16.0. The number of anilines is 1. The van der Waals surface area contributed by atoms with Crippen molar-refractivity contribution in [1.82, 2.24) is 9.80 Å². The first-order valence-electron chi connectivity index (χ1n) is 14.2. The van der Waals surface area contributed by atoms with E-state index in [4.69, 9.17) is 9.57 Å². The van der Waals surface area contributed by atoms with Crippen LogP contribution in [-0.2, 0) is 39.9 Å². The number of nitrogens with zero attached hydrogens (tertiary/aromatic N) is 2. The van der Waals surface area contributed by atoms with Gasteiger partial charge in [-0.3, -0.25) is 43.9 Å². The smallest absolute Gasteiger partial charge is 0.339 e. The lowest BCUT2D eigenvalue weighted by Crippen LogP contribution is -2.50. The fourth-order valence-electron chi connectivity index (χ4n) is 4.65. The van der Waals surface area contributed by atoms with Gasteiger partial charge in [-0.25, -0.2) is 0 Å². The van der Waals surface area contributed by atoms with Crippen molar-refractivity contribution >= 4 is 37.2 Å². The van der Waals surface area contributed by atoms with Crippen LogP contribution in [0.4, 0.5) is 5.69 Å². The molecule has 0 saturated heterocycles. The van der Waals surface area contributed by atoms with E-state index in [0.29, 0.717) is 5.69 Å². The molecule has 0 aliphatic rings. The Balaban J connectivity index is 2.14. The zero-order valence-corrected chi connectivity index (χ0v) is 25.9. The number of carbonyl (C=O) groups is 4. The van der Waals surface area contributed by atoms with Crippen LogP contribution in [0.1, 0.15) is 18.4 Å². The minimum atomic E-state index is -4.70. The normalized spacial score (nSPS) is 13.7. The Bertz CT molecular complexity index is 1210. The van der Waals surface area contributed by atoms with Gasteiger partial charge in [-0.15, -0.1) is 0 Å². The van der Waals surface area contributed by atoms with Crippen molar-refractivity contribution in [2.75, 3.05) is 51.2 Å². The summed E-state index contributed by atoms with van der Waals surface area (Å²) in [5, 5.41) is 38.6. The van der Waals surface area contributed by atoms with Gasteiger partial charge in [0.25, 0.3) is 0 Å². The summed E-state index contributed by atoms with van der Waals surface area (Å²) in [4.78, 5) is 74.3. The second-order valence-corrected chi connectivity index (χ2v) is 12.1. The van der Waals surface area contributed by atoms with Gasteiger partial charge in [-0.2, -0.15) is 0 Å². The molecule has 3 unspecified atom stereocenters. The first-order chi connectivity index (χ1) is 21.7. The summed E-state index contributed by atoms with van der Waals surface area (Å²) in [6.45, 7) is -2.17. The molecule has 16 nitrogen and oxygen atoms in total. The molecule has 0 aromatic heterocycles. The number of para-hydroxylation sites is 1. The van der Waals surface area contributed by atoms with Crippen LogP contribution in [0.3, 0.4) is 0 Å². The van der Waals surface area contributed by atoms with E-state index >= 15 is 0 Å². The van der Waals surface area contributed by atoms with Gasteiger partial charge >= 0.3 is 31.5 Å². The highest BCUT2D eigenvalue weighted by Gasteiger charge is 2.33. The zero-order chi connectivity index (χ0) is 34.1. The first kappa shape index (κ1) is 38.3. The average molecular weight is 670 g/mol. The molecule has 17 heteroatoms. The Morgan fingerprint density at radius 2 is 1.43 bits per heavy atom. The number of ether oxygens (including phenoxy) is 1. The van der Waals surface area contributed by atoms with Gasteiger partial charge in [-0.1, -0.05) is 48.5 Å². The standard InChI is InChI=1S/C29H40N3O13P/c33-26(34)15-22(24(28(37)38)18-44-17-21-7-3-1-4-8-21)11-12-31(20-46(41,42)43)13-14-32(16-27(35)36)25(29(39)40)19-45-30-23-9-5-2-6-10-23/h1-10,22,24-25,30H,11-20H2,(H,33,34)(H,35,36)(H,37,38)(H,39,40)(H2,41,42,43). The molecule has 0 aliphatic carbocycles. The molecule has 0 heterocycles. The van der Waals surface area contributed by atoms with Gasteiger partial charge in [-0.05, 0) is 36.6 Å².